The van der Waals surface area contributed by atoms with Gasteiger partial charge in [-0.3, -0.25) is 4.68 Å². The van der Waals surface area contributed by atoms with E-state index in [9.17, 15) is 0 Å². The third kappa shape index (κ3) is 3.10. The van der Waals surface area contributed by atoms with Crippen molar-refractivity contribution in [2.75, 3.05) is 13.7 Å². The molecule has 18 heavy (non-hydrogen) atoms. The van der Waals surface area contributed by atoms with Gasteiger partial charge in [-0.15, -0.1) is 0 Å². The van der Waals surface area contributed by atoms with Gasteiger partial charge in [-0.25, -0.2) is 0 Å². The van der Waals surface area contributed by atoms with Crippen LogP contribution in [0.4, 0.5) is 0 Å². The van der Waals surface area contributed by atoms with Gasteiger partial charge in [-0.1, -0.05) is 32.9 Å². The van der Waals surface area contributed by atoms with Gasteiger partial charge in [0.2, 0.25) is 0 Å². The number of hydrogen-bond acceptors (Lipinski definition) is 2. The summed E-state index contributed by atoms with van der Waals surface area (Å²) in [5.41, 5.74) is 2.88. The first-order valence-electron chi connectivity index (χ1n) is 6.43. The monoisotopic (exact) mass is 246 g/mol. The van der Waals surface area contributed by atoms with Crippen molar-refractivity contribution in [1.29, 1.82) is 0 Å². The van der Waals surface area contributed by atoms with E-state index >= 15 is 0 Å². The zero-order valence-corrected chi connectivity index (χ0v) is 11.7. The van der Waals surface area contributed by atoms with E-state index < -0.39 is 0 Å². The molecule has 2 rings (SSSR count). The highest BCUT2D eigenvalue weighted by atomic mass is 16.5. The summed E-state index contributed by atoms with van der Waals surface area (Å²) in [5, 5.41) is 5.61. The van der Waals surface area contributed by atoms with E-state index in [2.05, 4.69) is 44.1 Å². The van der Waals surface area contributed by atoms with Crippen LogP contribution in [0.15, 0.2) is 24.4 Å². The smallest absolute Gasteiger partial charge is 0.0686 e. The summed E-state index contributed by atoms with van der Waals surface area (Å²) < 4.78 is 7.13. The van der Waals surface area contributed by atoms with Crippen LogP contribution in [-0.2, 0) is 17.7 Å². The van der Waals surface area contributed by atoms with Crippen LogP contribution in [-0.4, -0.2) is 23.5 Å². The molecular formula is C15H22N2O. The summed E-state index contributed by atoms with van der Waals surface area (Å²) in [6.07, 6.45) is 3.00. The Morgan fingerprint density at radius 2 is 2.06 bits per heavy atom. The second-order valence-corrected chi connectivity index (χ2v) is 5.99. The predicted octanol–water partition coefficient (Wildman–Crippen LogP) is 3.27. The molecule has 0 aliphatic rings. The standard InChI is InChI=1S/C15H22N2O/c1-15(2,3)10-12-5-6-13-11-16-17(7-8-18-4)14(13)9-12/h5-6,9,11H,7-8,10H2,1-4H3. The Bertz CT molecular complexity index is 523. The molecule has 0 saturated heterocycles. The van der Waals surface area contributed by atoms with Crippen LogP contribution in [0.3, 0.4) is 0 Å². The molecule has 0 fully saturated rings. The van der Waals surface area contributed by atoms with E-state index in [4.69, 9.17) is 4.74 Å². The number of benzene rings is 1. The molecule has 0 radical (unpaired) electrons. The van der Waals surface area contributed by atoms with Gasteiger partial charge in [-0.05, 0) is 23.5 Å². The Kier molecular flexibility index (Phi) is 3.71. The van der Waals surface area contributed by atoms with Gasteiger partial charge in [0.25, 0.3) is 0 Å². The number of rotatable bonds is 4. The molecule has 3 nitrogen and oxygen atoms in total. The zero-order valence-electron chi connectivity index (χ0n) is 11.7. The molecule has 0 aliphatic heterocycles. The number of aromatic nitrogens is 2. The molecule has 1 heterocycles. The lowest BCUT2D eigenvalue weighted by molar-refractivity contribution is 0.185. The van der Waals surface area contributed by atoms with Crippen LogP contribution < -0.4 is 0 Å². The van der Waals surface area contributed by atoms with E-state index in [0.717, 1.165) is 13.0 Å². The fourth-order valence-corrected chi connectivity index (χ4v) is 2.19. The number of ether oxygens (including phenoxy) is 1. The third-order valence-corrected chi connectivity index (χ3v) is 2.95. The van der Waals surface area contributed by atoms with Crippen molar-refractivity contribution >= 4 is 10.9 Å². The average molecular weight is 246 g/mol. The molecule has 0 amide bonds. The minimum Gasteiger partial charge on any atom is -0.383 e. The fourth-order valence-electron chi connectivity index (χ4n) is 2.19. The normalized spacial score (nSPS) is 12.2. The lowest BCUT2D eigenvalue weighted by Gasteiger charge is -2.18. The highest BCUT2D eigenvalue weighted by Gasteiger charge is 2.12. The summed E-state index contributed by atoms with van der Waals surface area (Å²) in [6.45, 7) is 8.29. The molecule has 98 valence electrons. The second-order valence-electron chi connectivity index (χ2n) is 5.99. The quantitative estimate of drug-likeness (QED) is 0.828. The molecular weight excluding hydrogens is 224 g/mol. The summed E-state index contributed by atoms with van der Waals surface area (Å²) in [4.78, 5) is 0. The fraction of sp³-hybridized carbons (Fsp3) is 0.533. The topological polar surface area (TPSA) is 27.1 Å². The van der Waals surface area contributed by atoms with Crippen molar-refractivity contribution in [2.24, 2.45) is 5.41 Å². The van der Waals surface area contributed by atoms with Gasteiger partial charge < -0.3 is 4.74 Å². The molecule has 1 aromatic heterocycles. The Morgan fingerprint density at radius 1 is 1.28 bits per heavy atom. The van der Waals surface area contributed by atoms with Crippen LogP contribution in [0, 0.1) is 5.41 Å². The van der Waals surface area contributed by atoms with E-state index in [1.165, 1.54) is 16.5 Å². The third-order valence-electron chi connectivity index (χ3n) is 2.95. The van der Waals surface area contributed by atoms with Crippen LogP contribution in [0.5, 0.6) is 0 Å². The van der Waals surface area contributed by atoms with E-state index in [-0.39, 0.29) is 0 Å². The lowest BCUT2D eigenvalue weighted by Crippen LogP contribution is -2.09. The van der Waals surface area contributed by atoms with Crippen LogP contribution in [0.25, 0.3) is 10.9 Å². The number of nitrogens with zero attached hydrogens (tertiary/aromatic N) is 2. The largest absolute Gasteiger partial charge is 0.383 e. The number of methoxy groups -OCH3 is 1. The predicted molar refractivity (Wildman–Crippen MR) is 74.8 cm³/mol. The van der Waals surface area contributed by atoms with Gasteiger partial charge in [-0.2, -0.15) is 5.10 Å². The van der Waals surface area contributed by atoms with Crippen LogP contribution in [0.1, 0.15) is 26.3 Å². The number of hydrogen-bond donors (Lipinski definition) is 0. The highest BCUT2D eigenvalue weighted by molar-refractivity contribution is 5.79. The first-order chi connectivity index (χ1) is 8.49. The minimum absolute atomic E-state index is 0.311. The molecule has 0 N–H and O–H groups in total. The van der Waals surface area contributed by atoms with Gasteiger partial charge >= 0.3 is 0 Å². The van der Waals surface area contributed by atoms with Crippen molar-refractivity contribution < 1.29 is 4.74 Å². The van der Waals surface area contributed by atoms with E-state index in [1.807, 2.05) is 10.9 Å². The Balaban J connectivity index is 2.30. The first kappa shape index (κ1) is 13.1. The highest BCUT2D eigenvalue weighted by Crippen LogP contribution is 2.23. The molecule has 3 heteroatoms. The minimum atomic E-state index is 0.311. The van der Waals surface area contributed by atoms with Crippen LogP contribution >= 0.6 is 0 Å². The molecule has 0 saturated carbocycles. The summed E-state index contributed by atoms with van der Waals surface area (Å²) in [7, 11) is 1.72. The summed E-state index contributed by atoms with van der Waals surface area (Å²) in [6, 6.07) is 6.62. The van der Waals surface area contributed by atoms with Crippen molar-refractivity contribution in [3.05, 3.63) is 30.0 Å². The van der Waals surface area contributed by atoms with Gasteiger partial charge in [0.15, 0.2) is 0 Å². The molecule has 0 bridgehead atoms. The van der Waals surface area contributed by atoms with Crippen LogP contribution in [0.2, 0.25) is 0 Å². The Morgan fingerprint density at radius 3 is 2.72 bits per heavy atom. The van der Waals surface area contributed by atoms with Gasteiger partial charge in [0.1, 0.15) is 0 Å². The average Bonchev–Trinajstić information content (AvgIpc) is 2.67. The van der Waals surface area contributed by atoms with Crippen molar-refractivity contribution in [3.8, 4) is 0 Å². The first-order valence-corrected chi connectivity index (χ1v) is 6.43. The zero-order chi connectivity index (χ0) is 13.2. The maximum Gasteiger partial charge on any atom is 0.0686 e. The lowest BCUT2D eigenvalue weighted by atomic mass is 9.88. The molecule has 0 atom stereocenters. The van der Waals surface area contributed by atoms with Crippen molar-refractivity contribution in [1.82, 2.24) is 9.78 Å². The summed E-state index contributed by atoms with van der Waals surface area (Å²) in [5.74, 6) is 0. The van der Waals surface area contributed by atoms with Gasteiger partial charge in [0, 0.05) is 12.5 Å². The SMILES string of the molecule is COCCn1ncc2ccc(CC(C)(C)C)cc21. The van der Waals surface area contributed by atoms with Gasteiger partial charge in [0.05, 0.1) is 24.9 Å². The Hall–Kier alpha value is -1.35. The van der Waals surface area contributed by atoms with E-state index in [0.29, 0.717) is 12.0 Å². The summed E-state index contributed by atoms with van der Waals surface area (Å²) >= 11 is 0. The molecule has 0 aliphatic carbocycles. The van der Waals surface area contributed by atoms with E-state index in [1.54, 1.807) is 7.11 Å². The maximum atomic E-state index is 5.11. The van der Waals surface area contributed by atoms with Crippen molar-refractivity contribution in [3.63, 3.8) is 0 Å². The Labute approximate surface area is 109 Å². The molecule has 1 aromatic carbocycles. The maximum absolute atomic E-state index is 5.11. The number of fused-ring (bicyclic) bond motifs is 1. The van der Waals surface area contributed by atoms with Crippen molar-refractivity contribution in [2.45, 2.75) is 33.7 Å². The molecule has 0 unspecified atom stereocenters. The molecule has 0 spiro atoms. The molecule has 2 aromatic rings. The second kappa shape index (κ2) is 5.11.